The lowest BCUT2D eigenvalue weighted by Crippen LogP contribution is -2.28. The first-order chi connectivity index (χ1) is 7.80. The molecule has 0 amide bonds. The maximum atomic E-state index is 12.0. The van der Waals surface area contributed by atoms with Crippen molar-refractivity contribution in [3.63, 3.8) is 0 Å². The maximum Gasteiger partial charge on any atom is 0.324 e. The number of benzene rings is 1. The monoisotopic (exact) mass is 296 g/mol. The minimum absolute atomic E-state index is 0.0650. The third-order valence-electron chi connectivity index (χ3n) is 2.22. The van der Waals surface area contributed by atoms with Crippen LogP contribution >= 0.6 is 23.2 Å². The Labute approximate surface area is 109 Å². The normalized spacial score (nSPS) is 13.2. The van der Waals surface area contributed by atoms with E-state index in [-0.39, 0.29) is 14.9 Å². The van der Waals surface area contributed by atoms with Crippen molar-refractivity contribution in [2.75, 3.05) is 7.11 Å². The molecular formula is C10H10Cl2O4S. The van der Waals surface area contributed by atoms with Gasteiger partial charge in [0, 0.05) is 0 Å². The predicted molar refractivity (Wildman–Crippen MR) is 65.1 cm³/mol. The van der Waals surface area contributed by atoms with Gasteiger partial charge in [-0.05, 0) is 25.1 Å². The van der Waals surface area contributed by atoms with Crippen LogP contribution in [-0.2, 0) is 19.4 Å². The van der Waals surface area contributed by atoms with E-state index in [2.05, 4.69) is 4.74 Å². The predicted octanol–water partition coefficient (Wildman–Crippen LogP) is 2.33. The number of methoxy groups -OCH3 is 1. The van der Waals surface area contributed by atoms with E-state index in [1.807, 2.05) is 0 Å². The fourth-order valence-corrected chi connectivity index (χ4v) is 2.81. The lowest BCUT2D eigenvalue weighted by molar-refractivity contribution is -0.139. The van der Waals surface area contributed by atoms with E-state index in [1.165, 1.54) is 25.1 Å². The van der Waals surface area contributed by atoms with Crippen LogP contribution < -0.4 is 0 Å². The summed E-state index contributed by atoms with van der Waals surface area (Å²) in [6.45, 7) is 1.25. The Morgan fingerprint density at radius 1 is 1.29 bits per heavy atom. The molecule has 0 radical (unpaired) electrons. The van der Waals surface area contributed by atoms with Gasteiger partial charge in [-0.1, -0.05) is 23.2 Å². The molecule has 1 aromatic rings. The standard InChI is InChI=1S/C10H10Cl2O4S/c1-6(10(13)16-2)17(14,15)7-3-4-8(11)9(12)5-7/h3-6H,1-2H3. The fourth-order valence-electron chi connectivity index (χ4n) is 1.15. The van der Waals surface area contributed by atoms with E-state index in [0.717, 1.165) is 7.11 Å². The quantitative estimate of drug-likeness (QED) is 0.803. The summed E-state index contributed by atoms with van der Waals surface area (Å²) in [7, 11) is -2.68. The van der Waals surface area contributed by atoms with E-state index in [1.54, 1.807) is 0 Å². The molecule has 4 nitrogen and oxygen atoms in total. The van der Waals surface area contributed by atoms with Crippen molar-refractivity contribution in [1.29, 1.82) is 0 Å². The van der Waals surface area contributed by atoms with Gasteiger partial charge in [-0.25, -0.2) is 8.42 Å². The van der Waals surface area contributed by atoms with Crippen molar-refractivity contribution in [3.8, 4) is 0 Å². The van der Waals surface area contributed by atoms with Gasteiger partial charge in [0.25, 0.3) is 0 Å². The Hall–Kier alpha value is -0.780. The van der Waals surface area contributed by atoms with Crippen molar-refractivity contribution in [3.05, 3.63) is 28.2 Å². The average Bonchev–Trinajstić information content (AvgIpc) is 2.30. The van der Waals surface area contributed by atoms with Gasteiger partial charge < -0.3 is 4.74 Å². The van der Waals surface area contributed by atoms with Gasteiger partial charge in [0.2, 0.25) is 0 Å². The second-order valence-corrected chi connectivity index (χ2v) is 6.37. The first-order valence-electron chi connectivity index (χ1n) is 4.57. The van der Waals surface area contributed by atoms with E-state index in [4.69, 9.17) is 23.2 Å². The molecule has 1 atom stereocenters. The highest BCUT2D eigenvalue weighted by Gasteiger charge is 2.30. The third kappa shape index (κ3) is 2.91. The molecule has 0 bridgehead atoms. The number of ether oxygens (including phenoxy) is 1. The molecule has 0 saturated heterocycles. The zero-order valence-corrected chi connectivity index (χ0v) is 11.4. The van der Waals surface area contributed by atoms with Crippen molar-refractivity contribution in [1.82, 2.24) is 0 Å². The van der Waals surface area contributed by atoms with E-state index in [0.29, 0.717) is 0 Å². The number of carbonyl (C=O) groups excluding carboxylic acids is 1. The number of rotatable bonds is 3. The zero-order chi connectivity index (χ0) is 13.2. The van der Waals surface area contributed by atoms with Gasteiger partial charge in [-0.2, -0.15) is 0 Å². The zero-order valence-electron chi connectivity index (χ0n) is 9.11. The Morgan fingerprint density at radius 3 is 2.35 bits per heavy atom. The van der Waals surface area contributed by atoms with Gasteiger partial charge in [0.1, 0.15) is 0 Å². The number of hydrogen-bond acceptors (Lipinski definition) is 4. The molecule has 0 N–H and O–H groups in total. The molecule has 0 aliphatic heterocycles. The smallest absolute Gasteiger partial charge is 0.324 e. The molecule has 0 fully saturated rings. The molecular weight excluding hydrogens is 287 g/mol. The van der Waals surface area contributed by atoms with Crippen LogP contribution in [0.5, 0.6) is 0 Å². The molecule has 1 aromatic carbocycles. The van der Waals surface area contributed by atoms with E-state index in [9.17, 15) is 13.2 Å². The Kier molecular flexibility index (Phi) is 4.41. The van der Waals surface area contributed by atoms with Crippen LogP contribution in [0.1, 0.15) is 6.92 Å². The number of halogens is 2. The lowest BCUT2D eigenvalue weighted by atomic mass is 10.4. The summed E-state index contributed by atoms with van der Waals surface area (Å²) in [4.78, 5) is 11.2. The minimum Gasteiger partial charge on any atom is -0.468 e. The molecule has 17 heavy (non-hydrogen) atoms. The van der Waals surface area contributed by atoms with Gasteiger partial charge in [-0.15, -0.1) is 0 Å². The van der Waals surface area contributed by atoms with Crippen LogP contribution in [0.2, 0.25) is 10.0 Å². The van der Waals surface area contributed by atoms with Crippen molar-refractivity contribution in [2.45, 2.75) is 17.1 Å². The minimum atomic E-state index is -3.81. The molecule has 0 aliphatic carbocycles. The summed E-state index contributed by atoms with van der Waals surface area (Å²) in [5, 5.41) is -0.925. The summed E-state index contributed by atoms with van der Waals surface area (Å²) in [5.74, 6) is -0.823. The highest BCUT2D eigenvalue weighted by Crippen LogP contribution is 2.26. The Morgan fingerprint density at radius 2 is 1.88 bits per heavy atom. The highest BCUT2D eigenvalue weighted by molar-refractivity contribution is 7.92. The summed E-state index contributed by atoms with van der Waals surface area (Å²) in [6, 6.07) is 3.86. The van der Waals surface area contributed by atoms with Crippen LogP contribution in [0, 0.1) is 0 Å². The lowest BCUT2D eigenvalue weighted by Gasteiger charge is -2.11. The van der Waals surface area contributed by atoms with Gasteiger partial charge in [0.05, 0.1) is 22.1 Å². The summed E-state index contributed by atoms with van der Waals surface area (Å²) in [5.41, 5.74) is 0. The Balaban J connectivity index is 3.22. The SMILES string of the molecule is COC(=O)C(C)S(=O)(=O)c1ccc(Cl)c(Cl)c1. The Bertz CT molecular complexity index is 539. The topological polar surface area (TPSA) is 60.4 Å². The number of hydrogen-bond donors (Lipinski definition) is 0. The number of sulfone groups is 1. The fraction of sp³-hybridized carbons (Fsp3) is 0.300. The molecule has 0 heterocycles. The van der Waals surface area contributed by atoms with Gasteiger partial charge >= 0.3 is 5.97 Å². The summed E-state index contributed by atoms with van der Waals surface area (Å²) in [6.07, 6.45) is 0. The molecule has 0 saturated carbocycles. The molecule has 94 valence electrons. The molecule has 0 aliphatic rings. The first kappa shape index (κ1) is 14.3. The first-order valence-corrected chi connectivity index (χ1v) is 6.87. The maximum absolute atomic E-state index is 12.0. The second-order valence-electron chi connectivity index (χ2n) is 3.29. The number of esters is 1. The van der Waals surface area contributed by atoms with E-state index < -0.39 is 21.1 Å². The molecule has 0 aromatic heterocycles. The highest BCUT2D eigenvalue weighted by atomic mass is 35.5. The summed E-state index contributed by atoms with van der Waals surface area (Å²) >= 11 is 11.4. The molecule has 0 spiro atoms. The van der Waals surface area contributed by atoms with Gasteiger partial charge in [-0.3, -0.25) is 4.79 Å². The largest absolute Gasteiger partial charge is 0.468 e. The van der Waals surface area contributed by atoms with Crippen LogP contribution in [0.4, 0.5) is 0 Å². The van der Waals surface area contributed by atoms with Crippen molar-refractivity contribution in [2.24, 2.45) is 0 Å². The van der Waals surface area contributed by atoms with E-state index >= 15 is 0 Å². The number of carbonyl (C=O) groups is 1. The molecule has 1 rings (SSSR count). The second kappa shape index (κ2) is 5.25. The van der Waals surface area contributed by atoms with Crippen LogP contribution in [0.25, 0.3) is 0 Å². The van der Waals surface area contributed by atoms with Crippen molar-refractivity contribution >= 4 is 39.0 Å². The molecule has 7 heteroatoms. The van der Waals surface area contributed by atoms with Crippen LogP contribution in [-0.4, -0.2) is 26.7 Å². The average molecular weight is 297 g/mol. The van der Waals surface area contributed by atoms with Gasteiger partial charge in [0.15, 0.2) is 15.1 Å². The van der Waals surface area contributed by atoms with Crippen LogP contribution in [0.3, 0.4) is 0 Å². The summed E-state index contributed by atoms with van der Waals surface area (Å²) < 4.78 is 28.4. The molecule has 1 unspecified atom stereocenters. The third-order valence-corrected chi connectivity index (χ3v) is 4.99. The van der Waals surface area contributed by atoms with Crippen molar-refractivity contribution < 1.29 is 17.9 Å². The van der Waals surface area contributed by atoms with Crippen LogP contribution in [0.15, 0.2) is 23.1 Å².